The van der Waals surface area contributed by atoms with Crippen LogP contribution >= 0.6 is 0 Å². The van der Waals surface area contributed by atoms with Gasteiger partial charge in [0.2, 0.25) is 5.82 Å². The van der Waals surface area contributed by atoms with Crippen molar-refractivity contribution in [2.45, 2.75) is 12.7 Å². The Morgan fingerprint density at radius 1 is 1.16 bits per heavy atom. The average Bonchev–Trinajstić information content (AvgIpc) is 2.37. The summed E-state index contributed by atoms with van der Waals surface area (Å²) in [5, 5.41) is 2.77. The van der Waals surface area contributed by atoms with E-state index in [0.717, 1.165) is 11.8 Å². The van der Waals surface area contributed by atoms with Gasteiger partial charge >= 0.3 is 6.18 Å². The minimum absolute atomic E-state index is 0.0221. The van der Waals surface area contributed by atoms with Gasteiger partial charge in [0.1, 0.15) is 0 Å². The largest absolute Gasteiger partial charge is 0.451 e. The Bertz CT molecular complexity index is 555. The number of alkyl halides is 3. The van der Waals surface area contributed by atoms with E-state index in [-0.39, 0.29) is 11.5 Å². The molecule has 0 aliphatic rings. The summed E-state index contributed by atoms with van der Waals surface area (Å²) in [5.74, 6) is -1.23. The van der Waals surface area contributed by atoms with E-state index < -0.39 is 12.0 Å². The molecule has 0 bridgehead atoms. The van der Waals surface area contributed by atoms with Gasteiger partial charge in [0.25, 0.3) is 0 Å². The molecule has 4 nitrogen and oxygen atoms in total. The molecule has 3 N–H and O–H groups in total. The summed E-state index contributed by atoms with van der Waals surface area (Å²) in [7, 11) is 0. The van der Waals surface area contributed by atoms with Crippen LogP contribution in [0.1, 0.15) is 11.4 Å². The SMILES string of the molecule is Nc1cnc(C(F)(F)F)nc1NCc1ccccc1. The number of hydrogen-bond donors (Lipinski definition) is 2. The first-order valence-electron chi connectivity index (χ1n) is 5.44. The third kappa shape index (κ3) is 3.34. The summed E-state index contributed by atoms with van der Waals surface area (Å²) in [6.45, 7) is 0.333. The zero-order chi connectivity index (χ0) is 13.9. The third-order valence-electron chi connectivity index (χ3n) is 2.37. The molecule has 0 fully saturated rings. The lowest BCUT2D eigenvalue weighted by Gasteiger charge is -2.11. The van der Waals surface area contributed by atoms with Crippen LogP contribution in [0, 0.1) is 0 Å². The van der Waals surface area contributed by atoms with Gasteiger partial charge < -0.3 is 11.1 Å². The Balaban J connectivity index is 2.16. The van der Waals surface area contributed by atoms with Crippen LogP contribution in [0.4, 0.5) is 24.7 Å². The van der Waals surface area contributed by atoms with Crippen molar-refractivity contribution in [2.75, 3.05) is 11.1 Å². The molecule has 7 heteroatoms. The number of hydrogen-bond acceptors (Lipinski definition) is 4. The number of anilines is 2. The Morgan fingerprint density at radius 2 is 1.84 bits per heavy atom. The van der Waals surface area contributed by atoms with Gasteiger partial charge in [-0.25, -0.2) is 9.97 Å². The highest BCUT2D eigenvalue weighted by Crippen LogP contribution is 2.28. The van der Waals surface area contributed by atoms with Crippen LogP contribution in [0.15, 0.2) is 36.5 Å². The molecule has 19 heavy (non-hydrogen) atoms. The van der Waals surface area contributed by atoms with E-state index in [2.05, 4.69) is 15.3 Å². The maximum absolute atomic E-state index is 12.5. The lowest BCUT2D eigenvalue weighted by Crippen LogP contribution is -2.14. The number of benzene rings is 1. The Labute approximate surface area is 107 Å². The summed E-state index contributed by atoms with van der Waals surface area (Å²) in [6.07, 6.45) is -3.64. The van der Waals surface area contributed by atoms with Crippen molar-refractivity contribution >= 4 is 11.5 Å². The smallest absolute Gasteiger partial charge is 0.394 e. The van der Waals surface area contributed by atoms with Crippen molar-refractivity contribution in [2.24, 2.45) is 0 Å². The molecular weight excluding hydrogens is 257 g/mol. The van der Waals surface area contributed by atoms with Crippen LogP contribution < -0.4 is 11.1 Å². The molecule has 0 amide bonds. The van der Waals surface area contributed by atoms with E-state index in [1.807, 2.05) is 30.3 Å². The second-order valence-corrected chi connectivity index (χ2v) is 3.83. The Morgan fingerprint density at radius 3 is 2.47 bits per heavy atom. The minimum Gasteiger partial charge on any atom is -0.394 e. The van der Waals surface area contributed by atoms with Crippen molar-refractivity contribution in [3.05, 3.63) is 47.9 Å². The van der Waals surface area contributed by atoms with Crippen LogP contribution in [0.25, 0.3) is 0 Å². The summed E-state index contributed by atoms with van der Waals surface area (Å²) >= 11 is 0. The fourth-order valence-electron chi connectivity index (χ4n) is 1.45. The molecule has 100 valence electrons. The van der Waals surface area contributed by atoms with Crippen molar-refractivity contribution < 1.29 is 13.2 Å². The lowest BCUT2D eigenvalue weighted by atomic mass is 10.2. The number of nitrogens with one attached hydrogen (secondary N) is 1. The predicted octanol–water partition coefficient (Wildman–Crippen LogP) is 2.69. The Hall–Kier alpha value is -2.31. The summed E-state index contributed by atoms with van der Waals surface area (Å²) in [6, 6.07) is 9.21. The molecule has 0 aliphatic carbocycles. The monoisotopic (exact) mass is 268 g/mol. The van der Waals surface area contributed by atoms with Crippen LogP contribution in [-0.4, -0.2) is 9.97 Å². The van der Waals surface area contributed by atoms with E-state index in [4.69, 9.17) is 5.73 Å². The topological polar surface area (TPSA) is 63.8 Å². The molecular formula is C12H11F3N4. The number of nitrogens with zero attached hydrogens (tertiary/aromatic N) is 2. The van der Waals surface area contributed by atoms with E-state index >= 15 is 0 Å². The van der Waals surface area contributed by atoms with Gasteiger partial charge in [-0.05, 0) is 5.56 Å². The summed E-state index contributed by atoms with van der Waals surface area (Å²) < 4.78 is 37.4. The predicted molar refractivity (Wildman–Crippen MR) is 65.2 cm³/mol. The number of nitrogen functional groups attached to an aromatic ring is 1. The fourth-order valence-corrected chi connectivity index (χ4v) is 1.45. The zero-order valence-corrected chi connectivity index (χ0v) is 9.78. The fraction of sp³-hybridized carbons (Fsp3) is 0.167. The van der Waals surface area contributed by atoms with Gasteiger partial charge in [-0.1, -0.05) is 30.3 Å². The highest BCUT2D eigenvalue weighted by atomic mass is 19.4. The molecule has 0 spiro atoms. The maximum atomic E-state index is 12.5. The number of rotatable bonds is 3. The quantitative estimate of drug-likeness (QED) is 0.898. The first kappa shape index (κ1) is 13.1. The van der Waals surface area contributed by atoms with Gasteiger partial charge in [0.15, 0.2) is 5.82 Å². The molecule has 1 aromatic heterocycles. The maximum Gasteiger partial charge on any atom is 0.451 e. The average molecular weight is 268 g/mol. The van der Waals surface area contributed by atoms with E-state index in [0.29, 0.717) is 6.54 Å². The van der Waals surface area contributed by atoms with E-state index in [1.165, 1.54) is 0 Å². The first-order chi connectivity index (χ1) is 8.97. The van der Waals surface area contributed by atoms with Crippen LogP contribution in [0.2, 0.25) is 0 Å². The van der Waals surface area contributed by atoms with Gasteiger partial charge in [-0.15, -0.1) is 0 Å². The second-order valence-electron chi connectivity index (χ2n) is 3.83. The highest BCUT2D eigenvalue weighted by Gasteiger charge is 2.35. The Kier molecular flexibility index (Phi) is 3.55. The molecule has 0 radical (unpaired) electrons. The molecule has 2 aromatic rings. The molecule has 0 unspecified atom stereocenters. The van der Waals surface area contributed by atoms with Crippen LogP contribution in [0.5, 0.6) is 0 Å². The second kappa shape index (κ2) is 5.13. The highest BCUT2D eigenvalue weighted by molar-refractivity contribution is 5.59. The minimum atomic E-state index is -4.59. The number of halogens is 3. The van der Waals surface area contributed by atoms with Gasteiger partial charge in [0, 0.05) is 6.54 Å². The summed E-state index contributed by atoms with van der Waals surface area (Å²) in [5.41, 5.74) is 6.53. The normalized spacial score (nSPS) is 11.3. The van der Waals surface area contributed by atoms with Crippen molar-refractivity contribution in [3.8, 4) is 0 Å². The molecule has 0 atom stereocenters. The molecule has 0 aliphatic heterocycles. The standard InChI is InChI=1S/C12H11F3N4/c13-12(14,15)11-18-7-9(16)10(19-11)17-6-8-4-2-1-3-5-8/h1-5,7H,6,16H2,(H,17,18,19). The van der Waals surface area contributed by atoms with Gasteiger partial charge in [0.05, 0.1) is 11.9 Å². The lowest BCUT2D eigenvalue weighted by molar-refractivity contribution is -0.144. The van der Waals surface area contributed by atoms with E-state index in [1.54, 1.807) is 0 Å². The number of aromatic nitrogens is 2. The van der Waals surface area contributed by atoms with Crippen molar-refractivity contribution in [1.29, 1.82) is 0 Å². The molecule has 0 saturated carbocycles. The van der Waals surface area contributed by atoms with Crippen molar-refractivity contribution in [3.63, 3.8) is 0 Å². The molecule has 1 heterocycles. The van der Waals surface area contributed by atoms with Gasteiger partial charge in [-0.2, -0.15) is 13.2 Å². The summed E-state index contributed by atoms with van der Waals surface area (Å²) in [4.78, 5) is 6.55. The number of nitrogens with two attached hydrogens (primary N) is 1. The van der Waals surface area contributed by atoms with E-state index in [9.17, 15) is 13.2 Å². The van der Waals surface area contributed by atoms with Gasteiger partial charge in [-0.3, -0.25) is 0 Å². The van der Waals surface area contributed by atoms with Crippen LogP contribution in [0.3, 0.4) is 0 Å². The van der Waals surface area contributed by atoms with Crippen molar-refractivity contribution in [1.82, 2.24) is 9.97 Å². The molecule has 1 aromatic carbocycles. The molecule has 0 saturated heterocycles. The first-order valence-corrected chi connectivity index (χ1v) is 5.44. The van der Waals surface area contributed by atoms with Crippen LogP contribution in [-0.2, 0) is 12.7 Å². The third-order valence-corrected chi connectivity index (χ3v) is 2.37. The molecule has 2 rings (SSSR count). The zero-order valence-electron chi connectivity index (χ0n) is 9.78.